The summed E-state index contributed by atoms with van der Waals surface area (Å²) in [4.78, 5) is 4.09. The second-order valence-electron chi connectivity index (χ2n) is 3.03. The van der Waals surface area contributed by atoms with Gasteiger partial charge in [-0.1, -0.05) is 0 Å². The fourth-order valence-electron chi connectivity index (χ4n) is 1.16. The quantitative estimate of drug-likeness (QED) is 0.752. The predicted octanol–water partition coefficient (Wildman–Crippen LogP) is 0.161. The predicted molar refractivity (Wildman–Crippen MR) is 51.5 cm³/mol. The van der Waals surface area contributed by atoms with Gasteiger partial charge in [0.05, 0.1) is 6.54 Å². The van der Waals surface area contributed by atoms with Gasteiger partial charge in [-0.3, -0.25) is 9.36 Å². The van der Waals surface area contributed by atoms with Crippen molar-refractivity contribution in [2.75, 3.05) is 5.32 Å². The topological polar surface area (TPSA) is 60.6 Å². The number of hydrogen-bond donors (Lipinski definition) is 1. The van der Waals surface area contributed by atoms with Crippen molar-refractivity contribution in [2.24, 2.45) is 14.1 Å². The van der Waals surface area contributed by atoms with E-state index in [0.29, 0.717) is 6.54 Å². The normalized spacial score (nSPS) is 10.4. The molecular formula is C8H12N6. The Balaban J connectivity index is 1.98. The zero-order valence-electron chi connectivity index (χ0n) is 8.18. The van der Waals surface area contributed by atoms with Crippen LogP contribution >= 0.6 is 0 Å². The molecule has 0 unspecified atom stereocenters. The first-order valence-electron chi connectivity index (χ1n) is 4.32. The molecule has 2 heterocycles. The summed E-state index contributed by atoms with van der Waals surface area (Å²) in [7, 11) is 3.75. The Morgan fingerprint density at radius 1 is 1.43 bits per heavy atom. The number of aromatic nitrogens is 5. The molecule has 6 nitrogen and oxygen atoms in total. The summed E-state index contributed by atoms with van der Waals surface area (Å²) in [6.45, 7) is 0.632. The number of rotatable bonds is 3. The van der Waals surface area contributed by atoms with Crippen molar-refractivity contribution in [3.63, 3.8) is 0 Å². The third-order valence-corrected chi connectivity index (χ3v) is 1.95. The Hall–Kier alpha value is -1.85. The van der Waals surface area contributed by atoms with Crippen LogP contribution in [0.5, 0.6) is 0 Å². The number of aryl methyl sites for hydroxylation is 2. The molecule has 1 N–H and O–H groups in total. The van der Waals surface area contributed by atoms with Crippen LogP contribution < -0.4 is 5.32 Å². The lowest BCUT2D eigenvalue weighted by Crippen LogP contribution is -2.07. The molecule has 0 aliphatic carbocycles. The van der Waals surface area contributed by atoms with Crippen molar-refractivity contribution in [3.05, 3.63) is 24.4 Å². The van der Waals surface area contributed by atoms with Crippen molar-refractivity contribution >= 4 is 5.82 Å². The monoisotopic (exact) mass is 192 g/mol. The minimum atomic E-state index is 0.632. The molecule has 0 fully saturated rings. The van der Waals surface area contributed by atoms with E-state index < -0.39 is 0 Å². The van der Waals surface area contributed by atoms with E-state index >= 15 is 0 Å². The lowest BCUT2D eigenvalue weighted by atomic mass is 10.5. The Morgan fingerprint density at radius 3 is 2.86 bits per heavy atom. The van der Waals surface area contributed by atoms with Gasteiger partial charge in [0, 0.05) is 26.4 Å². The van der Waals surface area contributed by atoms with Crippen LogP contribution in [0.25, 0.3) is 0 Å². The summed E-state index contributed by atoms with van der Waals surface area (Å²) in [6, 6.07) is 1.91. The first kappa shape index (κ1) is 8.74. The lowest BCUT2D eigenvalue weighted by Gasteiger charge is -2.01. The van der Waals surface area contributed by atoms with Crippen LogP contribution in [0.4, 0.5) is 5.82 Å². The van der Waals surface area contributed by atoms with Crippen molar-refractivity contribution in [1.82, 2.24) is 24.5 Å². The van der Waals surface area contributed by atoms with E-state index in [-0.39, 0.29) is 0 Å². The Labute approximate surface area is 81.6 Å². The second kappa shape index (κ2) is 3.49. The molecule has 0 amide bonds. The Bertz CT molecular complexity index is 415. The summed E-state index contributed by atoms with van der Waals surface area (Å²) in [5.74, 6) is 1.73. The van der Waals surface area contributed by atoms with Gasteiger partial charge in [0.2, 0.25) is 0 Å². The minimum absolute atomic E-state index is 0.632. The third-order valence-electron chi connectivity index (χ3n) is 1.95. The summed E-state index contributed by atoms with van der Waals surface area (Å²) in [5.41, 5.74) is 0. The number of nitrogens with one attached hydrogen (secondary N) is 1. The SMILES string of the molecule is Cn1ccc(NCc2ncnn2C)n1. The maximum absolute atomic E-state index is 4.19. The zero-order valence-corrected chi connectivity index (χ0v) is 8.18. The largest absolute Gasteiger partial charge is 0.361 e. The first-order chi connectivity index (χ1) is 6.75. The van der Waals surface area contributed by atoms with E-state index in [9.17, 15) is 0 Å². The fraction of sp³-hybridized carbons (Fsp3) is 0.375. The van der Waals surface area contributed by atoms with E-state index in [1.807, 2.05) is 26.4 Å². The Morgan fingerprint density at radius 2 is 2.29 bits per heavy atom. The zero-order chi connectivity index (χ0) is 9.97. The molecule has 0 saturated carbocycles. The van der Waals surface area contributed by atoms with Crippen LogP contribution in [0.2, 0.25) is 0 Å². The van der Waals surface area contributed by atoms with Gasteiger partial charge in [-0.05, 0) is 0 Å². The van der Waals surface area contributed by atoms with Crippen LogP contribution in [0.15, 0.2) is 18.6 Å². The van der Waals surface area contributed by atoms with Crippen molar-refractivity contribution < 1.29 is 0 Å². The van der Waals surface area contributed by atoms with Crippen LogP contribution in [0, 0.1) is 0 Å². The highest BCUT2D eigenvalue weighted by molar-refractivity contribution is 5.32. The van der Waals surface area contributed by atoms with E-state index in [2.05, 4.69) is 20.5 Å². The van der Waals surface area contributed by atoms with Gasteiger partial charge in [-0.15, -0.1) is 0 Å². The molecular weight excluding hydrogens is 180 g/mol. The number of anilines is 1. The van der Waals surface area contributed by atoms with Gasteiger partial charge in [-0.25, -0.2) is 4.98 Å². The molecule has 2 aromatic rings. The molecule has 2 rings (SSSR count). The molecule has 0 aliphatic heterocycles. The van der Waals surface area contributed by atoms with Gasteiger partial charge in [0.25, 0.3) is 0 Å². The molecule has 2 aromatic heterocycles. The van der Waals surface area contributed by atoms with Gasteiger partial charge < -0.3 is 5.32 Å². The maximum Gasteiger partial charge on any atom is 0.148 e. The summed E-state index contributed by atoms with van der Waals surface area (Å²) >= 11 is 0. The molecule has 0 aromatic carbocycles. The van der Waals surface area contributed by atoms with Gasteiger partial charge in [0.15, 0.2) is 0 Å². The van der Waals surface area contributed by atoms with E-state index in [1.165, 1.54) is 6.33 Å². The first-order valence-corrected chi connectivity index (χ1v) is 4.32. The highest BCUT2D eigenvalue weighted by Crippen LogP contribution is 2.02. The molecule has 74 valence electrons. The third kappa shape index (κ3) is 1.73. The highest BCUT2D eigenvalue weighted by atomic mass is 15.3. The van der Waals surface area contributed by atoms with Crippen molar-refractivity contribution in [1.29, 1.82) is 0 Å². The molecule has 0 saturated heterocycles. The molecule has 0 atom stereocenters. The molecule has 0 spiro atoms. The van der Waals surface area contributed by atoms with Crippen molar-refractivity contribution in [3.8, 4) is 0 Å². The summed E-state index contributed by atoms with van der Waals surface area (Å²) < 4.78 is 3.48. The van der Waals surface area contributed by atoms with Crippen LogP contribution in [0.3, 0.4) is 0 Å². The molecule has 14 heavy (non-hydrogen) atoms. The van der Waals surface area contributed by atoms with Gasteiger partial charge in [-0.2, -0.15) is 10.2 Å². The molecule has 6 heteroatoms. The smallest absolute Gasteiger partial charge is 0.148 e. The molecule has 0 bridgehead atoms. The highest BCUT2D eigenvalue weighted by Gasteiger charge is 2.00. The van der Waals surface area contributed by atoms with E-state index in [1.54, 1.807) is 9.36 Å². The molecule has 0 aliphatic rings. The van der Waals surface area contributed by atoms with Crippen LogP contribution in [0.1, 0.15) is 5.82 Å². The van der Waals surface area contributed by atoms with Gasteiger partial charge >= 0.3 is 0 Å². The Kier molecular flexibility index (Phi) is 2.18. The molecule has 0 radical (unpaired) electrons. The summed E-state index contributed by atoms with van der Waals surface area (Å²) in [5, 5.41) is 11.3. The van der Waals surface area contributed by atoms with Crippen molar-refractivity contribution in [2.45, 2.75) is 6.54 Å². The van der Waals surface area contributed by atoms with Crippen LogP contribution in [-0.2, 0) is 20.6 Å². The van der Waals surface area contributed by atoms with E-state index in [0.717, 1.165) is 11.6 Å². The average Bonchev–Trinajstić information content (AvgIpc) is 2.72. The number of nitrogens with zero attached hydrogens (tertiary/aromatic N) is 5. The van der Waals surface area contributed by atoms with Crippen LogP contribution in [-0.4, -0.2) is 24.5 Å². The fourth-order valence-corrected chi connectivity index (χ4v) is 1.16. The average molecular weight is 192 g/mol. The summed E-state index contributed by atoms with van der Waals surface area (Å²) in [6.07, 6.45) is 3.43. The lowest BCUT2D eigenvalue weighted by molar-refractivity contribution is 0.709. The second-order valence-corrected chi connectivity index (χ2v) is 3.03. The standard InChI is InChI=1S/C8H12N6/c1-13-4-3-7(12-13)9-5-8-10-6-11-14(8)2/h3-4,6H,5H2,1-2H3,(H,9,12). The minimum Gasteiger partial charge on any atom is -0.361 e. The number of hydrogen-bond acceptors (Lipinski definition) is 4. The van der Waals surface area contributed by atoms with E-state index in [4.69, 9.17) is 0 Å². The maximum atomic E-state index is 4.19. The van der Waals surface area contributed by atoms with Gasteiger partial charge in [0.1, 0.15) is 18.0 Å².